The van der Waals surface area contributed by atoms with Crippen LogP contribution in [0.4, 0.5) is 5.69 Å². The third kappa shape index (κ3) is 2.99. The highest BCUT2D eigenvalue weighted by Gasteiger charge is 2.30. The second kappa shape index (κ2) is 6.33. The van der Waals surface area contributed by atoms with Gasteiger partial charge in [-0.2, -0.15) is 0 Å². The number of benzene rings is 1. The summed E-state index contributed by atoms with van der Waals surface area (Å²) in [7, 11) is 3.07. The molecule has 0 bridgehead atoms. The fourth-order valence-corrected chi connectivity index (χ4v) is 2.58. The van der Waals surface area contributed by atoms with E-state index in [4.69, 9.17) is 21.1 Å². The van der Waals surface area contributed by atoms with Gasteiger partial charge in [0, 0.05) is 18.7 Å². The summed E-state index contributed by atoms with van der Waals surface area (Å²) in [5, 5.41) is 6.55. The van der Waals surface area contributed by atoms with Crippen LogP contribution in [0.2, 0.25) is 5.02 Å². The number of nitrogens with one attached hydrogen (secondary N) is 2. The molecule has 0 saturated carbocycles. The lowest BCUT2D eigenvalue weighted by Crippen LogP contribution is -2.28. The first-order valence-corrected chi connectivity index (χ1v) is 6.87. The molecule has 0 radical (unpaired) electrons. The number of hydrogen-bond acceptors (Lipinski definition) is 4. The molecule has 5 nitrogen and oxygen atoms in total. The molecule has 0 spiro atoms. The first-order chi connectivity index (χ1) is 9.56. The second-order valence-corrected chi connectivity index (χ2v) is 5.33. The molecule has 1 aliphatic heterocycles. The second-order valence-electron chi connectivity index (χ2n) is 4.92. The summed E-state index contributed by atoms with van der Waals surface area (Å²) in [5.41, 5.74) is 0.567. The molecular weight excluding hydrogens is 280 g/mol. The van der Waals surface area contributed by atoms with Gasteiger partial charge in [-0.05, 0) is 12.5 Å². The van der Waals surface area contributed by atoms with Crippen molar-refractivity contribution < 1.29 is 14.3 Å². The van der Waals surface area contributed by atoms with Crippen LogP contribution in [0, 0.1) is 11.8 Å². The van der Waals surface area contributed by atoms with Gasteiger partial charge in [0.05, 0.1) is 30.8 Å². The largest absolute Gasteiger partial charge is 0.495 e. The lowest BCUT2D eigenvalue weighted by molar-refractivity contribution is -0.120. The molecule has 1 aromatic rings. The third-order valence-corrected chi connectivity index (χ3v) is 3.88. The molecule has 110 valence electrons. The first kappa shape index (κ1) is 14.9. The van der Waals surface area contributed by atoms with Crippen LogP contribution in [0.25, 0.3) is 0 Å². The van der Waals surface area contributed by atoms with Crippen LogP contribution in [-0.2, 0) is 4.79 Å². The van der Waals surface area contributed by atoms with Crippen LogP contribution in [0.15, 0.2) is 12.1 Å². The summed E-state index contributed by atoms with van der Waals surface area (Å²) in [6.07, 6.45) is 0. The van der Waals surface area contributed by atoms with Crippen molar-refractivity contribution in [2.45, 2.75) is 6.92 Å². The van der Waals surface area contributed by atoms with E-state index in [9.17, 15) is 4.79 Å². The molecule has 2 N–H and O–H groups in total. The maximum absolute atomic E-state index is 12.3. The maximum Gasteiger partial charge on any atom is 0.229 e. The van der Waals surface area contributed by atoms with Crippen LogP contribution >= 0.6 is 11.6 Å². The molecule has 1 amide bonds. The standard InChI is InChI=1S/C14H19ClN2O3/c1-8-6-16-7-9(8)14(18)17-11-5-12(19-2)10(15)4-13(11)20-3/h4-5,8-9,16H,6-7H2,1-3H3,(H,17,18). The Kier molecular flexibility index (Phi) is 4.73. The molecule has 1 aromatic carbocycles. The van der Waals surface area contributed by atoms with Crippen molar-refractivity contribution in [2.75, 3.05) is 32.6 Å². The van der Waals surface area contributed by atoms with Gasteiger partial charge in [0.25, 0.3) is 0 Å². The SMILES string of the molecule is COc1cc(NC(=O)C2CNCC2C)c(OC)cc1Cl. The molecule has 20 heavy (non-hydrogen) atoms. The molecule has 2 unspecified atom stereocenters. The van der Waals surface area contributed by atoms with Gasteiger partial charge >= 0.3 is 0 Å². The van der Waals surface area contributed by atoms with Gasteiger partial charge in [-0.25, -0.2) is 0 Å². The molecule has 1 saturated heterocycles. The van der Waals surface area contributed by atoms with E-state index in [0.29, 0.717) is 34.7 Å². The summed E-state index contributed by atoms with van der Waals surface area (Å²) < 4.78 is 10.4. The number of anilines is 1. The normalized spacial score (nSPS) is 21.6. The van der Waals surface area contributed by atoms with E-state index in [-0.39, 0.29) is 11.8 Å². The highest BCUT2D eigenvalue weighted by molar-refractivity contribution is 6.32. The van der Waals surface area contributed by atoms with Gasteiger partial charge < -0.3 is 20.1 Å². The molecule has 2 atom stereocenters. The van der Waals surface area contributed by atoms with E-state index >= 15 is 0 Å². The maximum atomic E-state index is 12.3. The van der Waals surface area contributed by atoms with E-state index in [1.165, 1.54) is 14.2 Å². The van der Waals surface area contributed by atoms with E-state index < -0.39 is 0 Å². The van der Waals surface area contributed by atoms with Gasteiger partial charge in [0.2, 0.25) is 5.91 Å². The highest BCUT2D eigenvalue weighted by Crippen LogP contribution is 2.36. The van der Waals surface area contributed by atoms with Gasteiger partial charge in [-0.15, -0.1) is 0 Å². The van der Waals surface area contributed by atoms with Crippen LogP contribution in [0.1, 0.15) is 6.92 Å². The summed E-state index contributed by atoms with van der Waals surface area (Å²) in [6, 6.07) is 3.30. The third-order valence-electron chi connectivity index (χ3n) is 3.59. The van der Waals surface area contributed by atoms with Gasteiger partial charge in [0.1, 0.15) is 11.5 Å². The fourth-order valence-electron chi connectivity index (χ4n) is 2.34. The Bertz CT molecular complexity index is 507. The minimum atomic E-state index is -0.0404. The zero-order valence-electron chi connectivity index (χ0n) is 11.8. The Labute approximate surface area is 123 Å². The Balaban J connectivity index is 2.21. The van der Waals surface area contributed by atoms with Crippen molar-refractivity contribution in [1.82, 2.24) is 5.32 Å². The number of carbonyl (C=O) groups is 1. The molecular formula is C14H19ClN2O3. The Morgan fingerprint density at radius 2 is 2.00 bits per heavy atom. The van der Waals surface area contributed by atoms with Crippen LogP contribution < -0.4 is 20.1 Å². The minimum absolute atomic E-state index is 0.0230. The van der Waals surface area contributed by atoms with E-state index in [0.717, 1.165) is 6.54 Å². The van der Waals surface area contributed by atoms with Gasteiger partial charge in [0.15, 0.2) is 0 Å². The molecule has 0 aromatic heterocycles. The molecule has 1 aliphatic rings. The van der Waals surface area contributed by atoms with Crippen molar-refractivity contribution in [2.24, 2.45) is 11.8 Å². The van der Waals surface area contributed by atoms with Crippen LogP contribution in [-0.4, -0.2) is 33.2 Å². The van der Waals surface area contributed by atoms with Crippen LogP contribution in [0.5, 0.6) is 11.5 Å². The number of hydrogen-bond donors (Lipinski definition) is 2. The summed E-state index contributed by atoms with van der Waals surface area (Å²) in [4.78, 5) is 12.3. The summed E-state index contributed by atoms with van der Waals surface area (Å²) >= 11 is 6.04. The summed E-state index contributed by atoms with van der Waals surface area (Å²) in [5.74, 6) is 1.27. The van der Waals surface area contributed by atoms with Crippen molar-refractivity contribution in [1.29, 1.82) is 0 Å². The average Bonchev–Trinajstić information content (AvgIpc) is 2.86. The monoisotopic (exact) mass is 298 g/mol. The fraction of sp³-hybridized carbons (Fsp3) is 0.500. The lowest BCUT2D eigenvalue weighted by Gasteiger charge is -2.17. The molecule has 1 heterocycles. The number of methoxy groups -OCH3 is 2. The van der Waals surface area contributed by atoms with E-state index in [1.54, 1.807) is 12.1 Å². The predicted molar refractivity (Wildman–Crippen MR) is 78.7 cm³/mol. The molecule has 6 heteroatoms. The lowest BCUT2D eigenvalue weighted by atomic mass is 9.97. The number of ether oxygens (including phenoxy) is 2. The van der Waals surface area contributed by atoms with Crippen LogP contribution in [0.3, 0.4) is 0 Å². The highest BCUT2D eigenvalue weighted by atomic mass is 35.5. The zero-order chi connectivity index (χ0) is 14.7. The molecule has 2 rings (SSSR count). The first-order valence-electron chi connectivity index (χ1n) is 6.50. The van der Waals surface area contributed by atoms with Gasteiger partial charge in [-0.3, -0.25) is 4.79 Å². The Morgan fingerprint density at radius 1 is 1.30 bits per heavy atom. The Hall–Kier alpha value is -1.46. The van der Waals surface area contributed by atoms with Crippen molar-refractivity contribution in [3.8, 4) is 11.5 Å². The quantitative estimate of drug-likeness (QED) is 0.894. The zero-order valence-corrected chi connectivity index (χ0v) is 12.6. The number of amides is 1. The number of carbonyl (C=O) groups excluding carboxylic acids is 1. The van der Waals surface area contributed by atoms with E-state index in [1.807, 2.05) is 0 Å². The molecule has 0 aliphatic carbocycles. The smallest absolute Gasteiger partial charge is 0.229 e. The summed E-state index contributed by atoms with van der Waals surface area (Å²) in [6.45, 7) is 3.61. The van der Waals surface area contributed by atoms with Crippen molar-refractivity contribution >= 4 is 23.2 Å². The Morgan fingerprint density at radius 3 is 2.55 bits per heavy atom. The van der Waals surface area contributed by atoms with Crippen molar-refractivity contribution in [3.63, 3.8) is 0 Å². The number of halogens is 1. The van der Waals surface area contributed by atoms with E-state index in [2.05, 4.69) is 17.6 Å². The minimum Gasteiger partial charge on any atom is -0.495 e. The van der Waals surface area contributed by atoms with Crippen molar-refractivity contribution in [3.05, 3.63) is 17.2 Å². The average molecular weight is 299 g/mol. The topological polar surface area (TPSA) is 59.6 Å². The van der Waals surface area contributed by atoms with Gasteiger partial charge in [-0.1, -0.05) is 18.5 Å². The predicted octanol–water partition coefficient (Wildman–Crippen LogP) is 2.15. The number of rotatable bonds is 4. The molecule has 1 fully saturated rings.